The van der Waals surface area contributed by atoms with Crippen molar-refractivity contribution in [3.8, 4) is 11.5 Å². The summed E-state index contributed by atoms with van der Waals surface area (Å²) >= 11 is 0. The van der Waals surface area contributed by atoms with Gasteiger partial charge in [0.2, 0.25) is 0 Å². The molecular weight excluding hydrogens is 216 g/mol. The van der Waals surface area contributed by atoms with Gasteiger partial charge in [0.1, 0.15) is 12.0 Å². The largest absolute Gasteiger partial charge is 0.439 e. The van der Waals surface area contributed by atoms with Crippen LogP contribution in [0.15, 0.2) is 35.0 Å². The van der Waals surface area contributed by atoms with Crippen LogP contribution in [0, 0.1) is 0 Å². The second kappa shape index (κ2) is 5.94. The van der Waals surface area contributed by atoms with Crippen LogP contribution < -0.4 is 0 Å². The summed E-state index contributed by atoms with van der Waals surface area (Å²) < 4.78 is 5.59. The van der Waals surface area contributed by atoms with E-state index in [1.54, 1.807) is 12.4 Å². The molecule has 2 aromatic rings. The second-order valence-corrected chi connectivity index (χ2v) is 3.75. The minimum absolute atomic E-state index is 0.605. The first-order valence-electron chi connectivity index (χ1n) is 5.70. The van der Waals surface area contributed by atoms with Crippen molar-refractivity contribution < 1.29 is 9.21 Å². The highest BCUT2D eigenvalue weighted by molar-refractivity contribution is 5.50. The Kier molecular flexibility index (Phi) is 4.02. The number of unbranched alkanes of at least 4 members (excludes halogenated alkanes) is 2. The van der Waals surface area contributed by atoms with Gasteiger partial charge in [-0.15, -0.1) is 0 Å². The van der Waals surface area contributed by atoms with Crippen LogP contribution in [0.2, 0.25) is 0 Å². The average molecular weight is 230 g/mol. The zero-order valence-corrected chi connectivity index (χ0v) is 9.50. The maximum atomic E-state index is 10.2. The molecule has 0 aliphatic carbocycles. The maximum absolute atomic E-state index is 10.2. The highest BCUT2D eigenvalue weighted by Gasteiger charge is 2.06. The molecule has 0 aromatic carbocycles. The molecule has 0 saturated heterocycles. The molecule has 0 bridgehead atoms. The Morgan fingerprint density at radius 1 is 1.24 bits per heavy atom. The molecule has 17 heavy (non-hydrogen) atoms. The van der Waals surface area contributed by atoms with Crippen molar-refractivity contribution in [2.24, 2.45) is 0 Å². The summed E-state index contributed by atoms with van der Waals surface area (Å²) in [7, 11) is 0. The van der Waals surface area contributed by atoms with Gasteiger partial charge in [-0.2, -0.15) is 0 Å². The number of aryl methyl sites for hydroxylation is 1. The van der Waals surface area contributed by atoms with E-state index in [1.807, 2.05) is 18.2 Å². The highest BCUT2D eigenvalue weighted by atomic mass is 16.4. The van der Waals surface area contributed by atoms with E-state index in [1.165, 1.54) is 0 Å². The van der Waals surface area contributed by atoms with E-state index < -0.39 is 0 Å². The molecule has 0 aliphatic rings. The predicted molar refractivity (Wildman–Crippen MR) is 63.4 cm³/mol. The summed E-state index contributed by atoms with van der Waals surface area (Å²) in [5.41, 5.74) is 0.791. The number of oxazole rings is 1. The first-order valence-corrected chi connectivity index (χ1v) is 5.70. The summed E-state index contributed by atoms with van der Waals surface area (Å²) in [6, 6.07) is 5.66. The second-order valence-electron chi connectivity index (χ2n) is 3.75. The molecule has 4 nitrogen and oxygen atoms in total. The van der Waals surface area contributed by atoms with Crippen molar-refractivity contribution in [1.82, 2.24) is 9.97 Å². The summed E-state index contributed by atoms with van der Waals surface area (Å²) in [6.45, 7) is 0. The lowest BCUT2D eigenvalue weighted by atomic mass is 10.2. The lowest BCUT2D eigenvalue weighted by Crippen LogP contribution is -1.85. The molecule has 4 heteroatoms. The monoisotopic (exact) mass is 230 g/mol. The number of hydrogen-bond donors (Lipinski definition) is 0. The number of pyridine rings is 1. The third-order valence-corrected chi connectivity index (χ3v) is 2.43. The number of rotatable bonds is 6. The molecule has 0 spiro atoms. The number of carbonyl (C=O) groups excluding carboxylic acids is 1. The van der Waals surface area contributed by atoms with Gasteiger partial charge in [-0.1, -0.05) is 6.07 Å². The molecule has 0 radical (unpaired) electrons. The molecule has 0 amide bonds. The van der Waals surface area contributed by atoms with E-state index in [2.05, 4.69) is 9.97 Å². The van der Waals surface area contributed by atoms with Crippen LogP contribution in [-0.4, -0.2) is 16.3 Å². The van der Waals surface area contributed by atoms with Crippen molar-refractivity contribution in [1.29, 1.82) is 0 Å². The molecule has 0 atom stereocenters. The molecule has 2 aromatic heterocycles. The van der Waals surface area contributed by atoms with E-state index >= 15 is 0 Å². The third-order valence-electron chi connectivity index (χ3n) is 2.43. The lowest BCUT2D eigenvalue weighted by Gasteiger charge is -1.95. The normalized spacial score (nSPS) is 10.4. The zero-order valence-electron chi connectivity index (χ0n) is 9.50. The van der Waals surface area contributed by atoms with E-state index in [4.69, 9.17) is 4.42 Å². The van der Waals surface area contributed by atoms with Gasteiger partial charge in [0.15, 0.2) is 11.7 Å². The van der Waals surface area contributed by atoms with Crippen molar-refractivity contribution in [2.45, 2.75) is 25.7 Å². The standard InChI is InChI=1S/C13H14N2O2/c16-9-5-1-2-7-13-15-10-12(17-13)11-6-3-4-8-14-11/h3-4,6,8-10H,1-2,5,7H2. The first kappa shape index (κ1) is 11.5. The number of nitrogens with zero attached hydrogens (tertiary/aromatic N) is 2. The minimum atomic E-state index is 0.605. The number of aromatic nitrogens is 2. The highest BCUT2D eigenvalue weighted by Crippen LogP contribution is 2.18. The van der Waals surface area contributed by atoms with Gasteiger partial charge in [-0.25, -0.2) is 4.98 Å². The topological polar surface area (TPSA) is 56.0 Å². The Morgan fingerprint density at radius 2 is 2.18 bits per heavy atom. The van der Waals surface area contributed by atoms with Crippen molar-refractivity contribution in [2.75, 3.05) is 0 Å². The Bertz CT molecular complexity index is 465. The van der Waals surface area contributed by atoms with Crippen LogP contribution >= 0.6 is 0 Å². The van der Waals surface area contributed by atoms with E-state index in [9.17, 15) is 4.79 Å². The van der Waals surface area contributed by atoms with Gasteiger partial charge < -0.3 is 9.21 Å². The molecule has 88 valence electrons. The molecule has 0 saturated carbocycles. The Labute approximate surface area is 99.7 Å². The van der Waals surface area contributed by atoms with Gasteiger partial charge in [0.25, 0.3) is 0 Å². The van der Waals surface area contributed by atoms with Gasteiger partial charge in [0, 0.05) is 19.0 Å². The summed E-state index contributed by atoms with van der Waals surface area (Å²) in [6.07, 6.45) is 7.52. The Morgan fingerprint density at radius 3 is 2.94 bits per heavy atom. The van der Waals surface area contributed by atoms with E-state index in [-0.39, 0.29) is 0 Å². The maximum Gasteiger partial charge on any atom is 0.194 e. The Hall–Kier alpha value is -1.97. The molecule has 0 fully saturated rings. The van der Waals surface area contributed by atoms with Crippen LogP contribution in [0.5, 0.6) is 0 Å². The zero-order chi connectivity index (χ0) is 11.9. The smallest absolute Gasteiger partial charge is 0.194 e. The number of hydrogen-bond acceptors (Lipinski definition) is 4. The summed E-state index contributed by atoms with van der Waals surface area (Å²) in [5, 5.41) is 0. The quantitative estimate of drug-likeness (QED) is 0.565. The summed E-state index contributed by atoms with van der Waals surface area (Å²) in [5.74, 6) is 1.40. The molecule has 2 rings (SSSR count). The minimum Gasteiger partial charge on any atom is -0.439 e. The van der Waals surface area contributed by atoms with Gasteiger partial charge in [-0.3, -0.25) is 4.98 Å². The van der Waals surface area contributed by atoms with Crippen LogP contribution in [-0.2, 0) is 11.2 Å². The van der Waals surface area contributed by atoms with Crippen LogP contribution in [0.4, 0.5) is 0 Å². The number of carbonyl (C=O) groups is 1. The van der Waals surface area contributed by atoms with Crippen LogP contribution in [0.1, 0.15) is 25.2 Å². The fourth-order valence-corrected chi connectivity index (χ4v) is 1.56. The van der Waals surface area contributed by atoms with Crippen molar-refractivity contribution in [3.05, 3.63) is 36.5 Å². The van der Waals surface area contributed by atoms with Crippen LogP contribution in [0.25, 0.3) is 11.5 Å². The van der Waals surface area contributed by atoms with Gasteiger partial charge in [-0.05, 0) is 25.0 Å². The average Bonchev–Trinajstić information content (AvgIpc) is 2.85. The Balaban J connectivity index is 1.94. The third kappa shape index (κ3) is 3.24. The fraction of sp³-hybridized carbons (Fsp3) is 0.308. The fourth-order valence-electron chi connectivity index (χ4n) is 1.56. The molecule has 0 N–H and O–H groups in total. The predicted octanol–water partition coefficient (Wildman–Crippen LogP) is 2.65. The van der Waals surface area contributed by atoms with Gasteiger partial charge in [0.05, 0.1) is 6.20 Å². The molecular formula is C13H14N2O2. The molecule has 2 heterocycles. The van der Waals surface area contributed by atoms with E-state index in [0.29, 0.717) is 18.1 Å². The molecule has 0 aliphatic heterocycles. The van der Waals surface area contributed by atoms with E-state index in [0.717, 1.165) is 31.2 Å². The number of aldehydes is 1. The lowest BCUT2D eigenvalue weighted by molar-refractivity contribution is -0.107. The SMILES string of the molecule is O=CCCCCc1ncc(-c2ccccn2)o1. The van der Waals surface area contributed by atoms with Crippen molar-refractivity contribution >= 4 is 6.29 Å². The summed E-state index contributed by atoms with van der Waals surface area (Å²) in [4.78, 5) is 18.5. The first-order chi connectivity index (χ1) is 8.40. The van der Waals surface area contributed by atoms with Gasteiger partial charge >= 0.3 is 0 Å². The molecule has 0 unspecified atom stereocenters. The van der Waals surface area contributed by atoms with Crippen LogP contribution in [0.3, 0.4) is 0 Å². The van der Waals surface area contributed by atoms with Crippen molar-refractivity contribution in [3.63, 3.8) is 0 Å².